The van der Waals surface area contributed by atoms with Crippen LogP contribution in [0.3, 0.4) is 0 Å². The molecule has 1 aliphatic rings. The first kappa shape index (κ1) is 17.2. The molecule has 7 heteroatoms. The van der Waals surface area contributed by atoms with E-state index in [4.69, 9.17) is 13.9 Å². The van der Waals surface area contributed by atoms with Crippen LogP contribution >= 0.6 is 0 Å². The molecule has 0 fully saturated rings. The van der Waals surface area contributed by atoms with Crippen molar-refractivity contribution in [3.05, 3.63) is 52.5 Å². The largest absolute Gasteiger partial charge is 0.486 e. The molecule has 0 bridgehead atoms. The zero-order valence-corrected chi connectivity index (χ0v) is 15.0. The van der Waals surface area contributed by atoms with Gasteiger partial charge in [0.1, 0.15) is 13.2 Å². The van der Waals surface area contributed by atoms with Crippen molar-refractivity contribution in [2.75, 3.05) is 18.5 Å². The number of benzene rings is 2. The van der Waals surface area contributed by atoms with Crippen LogP contribution in [0, 0.1) is 0 Å². The second kappa shape index (κ2) is 7.19. The minimum atomic E-state index is -0.423. The second-order valence-corrected chi connectivity index (χ2v) is 6.49. The average Bonchev–Trinajstić information content (AvgIpc) is 2.95. The van der Waals surface area contributed by atoms with Gasteiger partial charge in [0.25, 0.3) is 0 Å². The van der Waals surface area contributed by atoms with Gasteiger partial charge < -0.3 is 19.2 Å². The fraction of sp³-hybridized carbons (Fsp3) is 0.300. The Balaban J connectivity index is 1.32. The Kier molecular flexibility index (Phi) is 4.58. The van der Waals surface area contributed by atoms with Gasteiger partial charge in [0.2, 0.25) is 5.91 Å². The highest BCUT2D eigenvalue weighted by atomic mass is 16.6. The molecule has 0 aliphatic carbocycles. The van der Waals surface area contributed by atoms with Crippen molar-refractivity contribution in [3.8, 4) is 11.5 Å². The number of nitrogens with one attached hydrogen (secondary N) is 1. The van der Waals surface area contributed by atoms with Gasteiger partial charge in [-0.3, -0.25) is 9.36 Å². The van der Waals surface area contributed by atoms with Crippen LogP contribution < -0.4 is 20.5 Å². The lowest BCUT2D eigenvalue weighted by Crippen LogP contribution is -2.15. The van der Waals surface area contributed by atoms with Gasteiger partial charge in [-0.15, -0.1) is 0 Å². The van der Waals surface area contributed by atoms with Crippen molar-refractivity contribution in [1.29, 1.82) is 0 Å². The van der Waals surface area contributed by atoms with E-state index in [1.165, 1.54) is 4.57 Å². The molecule has 1 N–H and O–H groups in total. The molecule has 0 saturated heterocycles. The second-order valence-electron chi connectivity index (χ2n) is 6.49. The van der Waals surface area contributed by atoms with Crippen molar-refractivity contribution in [2.24, 2.45) is 7.05 Å². The van der Waals surface area contributed by atoms with Crippen molar-refractivity contribution in [3.63, 3.8) is 0 Å². The molecule has 1 amide bonds. The minimum absolute atomic E-state index is 0.0785. The first-order valence-corrected chi connectivity index (χ1v) is 8.88. The summed E-state index contributed by atoms with van der Waals surface area (Å²) in [5.74, 6) is 1.03. The molecule has 2 aromatic carbocycles. The number of oxazole rings is 1. The third-order valence-electron chi connectivity index (χ3n) is 4.55. The van der Waals surface area contributed by atoms with E-state index in [1.54, 1.807) is 25.2 Å². The average molecular weight is 368 g/mol. The number of hydrogen-bond acceptors (Lipinski definition) is 5. The number of carbonyl (C=O) groups excluding carboxylic acids is 1. The molecule has 140 valence electrons. The van der Waals surface area contributed by atoms with Gasteiger partial charge >= 0.3 is 5.76 Å². The molecule has 27 heavy (non-hydrogen) atoms. The van der Waals surface area contributed by atoms with E-state index in [-0.39, 0.29) is 5.91 Å². The van der Waals surface area contributed by atoms with Crippen molar-refractivity contribution in [2.45, 2.75) is 19.3 Å². The highest BCUT2D eigenvalue weighted by Gasteiger charge is 2.12. The van der Waals surface area contributed by atoms with Gasteiger partial charge in [-0.05, 0) is 42.7 Å². The highest BCUT2D eigenvalue weighted by molar-refractivity contribution is 5.92. The van der Waals surface area contributed by atoms with Crippen molar-refractivity contribution < 1.29 is 18.7 Å². The van der Waals surface area contributed by atoms with Crippen LogP contribution in [-0.2, 0) is 18.3 Å². The molecular formula is C20H20N2O5. The molecule has 0 radical (unpaired) electrons. The molecular weight excluding hydrogens is 348 g/mol. The quantitative estimate of drug-likeness (QED) is 0.749. The molecule has 1 aromatic heterocycles. The summed E-state index contributed by atoms with van der Waals surface area (Å²) in [4.78, 5) is 23.7. The Morgan fingerprint density at radius 1 is 1.11 bits per heavy atom. The van der Waals surface area contributed by atoms with E-state index in [1.807, 2.05) is 18.2 Å². The van der Waals surface area contributed by atoms with Gasteiger partial charge in [-0.25, -0.2) is 4.79 Å². The Hall–Kier alpha value is -3.22. The highest BCUT2D eigenvalue weighted by Crippen LogP contribution is 2.31. The van der Waals surface area contributed by atoms with E-state index in [0.717, 1.165) is 23.5 Å². The maximum Gasteiger partial charge on any atom is 0.419 e. The lowest BCUT2D eigenvalue weighted by atomic mass is 10.1. The lowest BCUT2D eigenvalue weighted by Gasteiger charge is -2.18. The number of anilines is 1. The molecule has 0 spiro atoms. The summed E-state index contributed by atoms with van der Waals surface area (Å²) in [5, 5.41) is 2.84. The fourth-order valence-corrected chi connectivity index (χ4v) is 3.13. The van der Waals surface area contributed by atoms with Crippen LogP contribution in [0.1, 0.15) is 18.4 Å². The van der Waals surface area contributed by atoms with Crippen molar-refractivity contribution >= 4 is 22.7 Å². The number of carbonyl (C=O) groups is 1. The third kappa shape index (κ3) is 3.67. The Labute approximate surface area is 155 Å². The van der Waals surface area contributed by atoms with E-state index in [2.05, 4.69) is 5.32 Å². The van der Waals surface area contributed by atoms with Crippen LogP contribution in [0.25, 0.3) is 11.1 Å². The maximum atomic E-state index is 12.2. The maximum absolute atomic E-state index is 12.2. The smallest absolute Gasteiger partial charge is 0.419 e. The van der Waals surface area contributed by atoms with Crippen LogP contribution in [0.4, 0.5) is 5.69 Å². The van der Waals surface area contributed by atoms with E-state index in [9.17, 15) is 9.59 Å². The normalized spacial score (nSPS) is 12.9. The molecule has 0 unspecified atom stereocenters. The third-order valence-corrected chi connectivity index (χ3v) is 4.55. The number of aryl methyl sites for hydroxylation is 2. The summed E-state index contributed by atoms with van der Waals surface area (Å²) >= 11 is 0. The minimum Gasteiger partial charge on any atom is -0.486 e. The Morgan fingerprint density at radius 2 is 1.93 bits per heavy atom. The summed E-state index contributed by atoms with van der Waals surface area (Å²) in [6.07, 6.45) is 1.88. The summed E-state index contributed by atoms with van der Waals surface area (Å²) in [5.41, 5.74) is 2.87. The Morgan fingerprint density at radius 3 is 2.78 bits per heavy atom. The zero-order chi connectivity index (χ0) is 18.8. The number of fused-ring (bicyclic) bond motifs is 2. The number of rotatable bonds is 5. The van der Waals surface area contributed by atoms with Gasteiger partial charge in [-0.1, -0.05) is 6.07 Å². The van der Waals surface area contributed by atoms with Crippen LogP contribution in [0.15, 0.2) is 45.6 Å². The van der Waals surface area contributed by atoms with E-state index in [0.29, 0.717) is 42.8 Å². The number of aromatic nitrogens is 1. The first-order valence-electron chi connectivity index (χ1n) is 8.88. The zero-order valence-electron chi connectivity index (χ0n) is 15.0. The van der Waals surface area contributed by atoms with Gasteiger partial charge in [0.05, 0.1) is 5.52 Å². The molecule has 2 heterocycles. The van der Waals surface area contributed by atoms with E-state index >= 15 is 0 Å². The number of amides is 1. The number of ether oxygens (including phenoxy) is 2. The van der Waals surface area contributed by atoms with Gasteiger partial charge in [0.15, 0.2) is 17.1 Å². The molecule has 7 nitrogen and oxygen atoms in total. The monoisotopic (exact) mass is 368 g/mol. The predicted molar refractivity (Wildman–Crippen MR) is 100 cm³/mol. The lowest BCUT2D eigenvalue weighted by molar-refractivity contribution is -0.116. The van der Waals surface area contributed by atoms with E-state index < -0.39 is 5.76 Å². The summed E-state index contributed by atoms with van der Waals surface area (Å²) in [6.45, 7) is 1.13. The standard InChI is InChI=1S/C20H20N2O5/c1-22-15-7-6-14(12-17(15)27-20(22)24)21-19(23)4-2-3-13-5-8-16-18(11-13)26-10-9-25-16/h5-8,11-12H,2-4,9-10H2,1H3,(H,21,23). The van der Waals surface area contributed by atoms with Crippen LogP contribution in [0.2, 0.25) is 0 Å². The fourth-order valence-electron chi connectivity index (χ4n) is 3.13. The molecule has 4 rings (SSSR count). The van der Waals surface area contributed by atoms with Crippen molar-refractivity contribution in [1.82, 2.24) is 4.57 Å². The topological polar surface area (TPSA) is 82.7 Å². The first-order chi connectivity index (χ1) is 13.1. The molecule has 3 aromatic rings. The summed E-state index contributed by atoms with van der Waals surface area (Å²) in [6, 6.07) is 11.1. The van der Waals surface area contributed by atoms with Crippen LogP contribution in [-0.4, -0.2) is 23.7 Å². The SMILES string of the molecule is Cn1c(=O)oc2cc(NC(=O)CCCc3ccc4c(c3)OCCO4)ccc21. The molecule has 0 saturated carbocycles. The van der Waals surface area contributed by atoms with Gasteiger partial charge in [-0.2, -0.15) is 0 Å². The summed E-state index contributed by atoms with van der Waals surface area (Å²) in [7, 11) is 1.64. The summed E-state index contributed by atoms with van der Waals surface area (Å²) < 4.78 is 17.7. The van der Waals surface area contributed by atoms with Gasteiger partial charge in [0, 0.05) is 25.2 Å². The number of hydrogen-bond donors (Lipinski definition) is 1. The molecule has 1 aliphatic heterocycles. The Bertz CT molecular complexity index is 1050. The number of nitrogens with zero attached hydrogens (tertiary/aromatic N) is 1. The predicted octanol–water partition coefficient (Wildman–Crippen LogP) is 2.86. The van der Waals surface area contributed by atoms with Crippen LogP contribution in [0.5, 0.6) is 11.5 Å². The molecule has 0 atom stereocenters.